The van der Waals surface area contributed by atoms with Gasteiger partial charge in [-0.25, -0.2) is 15.0 Å². The average Bonchev–Trinajstić information content (AvgIpc) is 3.31. The van der Waals surface area contributed by atoms with Gasteiger partial charge >= 0.3 is 0 Å². The van der Waals surface area contributed by atoms with Crippen LogP contribution in [0.2, 0.25) is 0 Å². The first-order valence-corrected chi connectivity index (χ1v) is 7.28. The third-order valence-electron chi connectivity index (χ3n) is 3.31. The molecule has 1 saturated carbocycles. The third kappa shape index (κ3) is 3.52. The second-order valence-electron chi connectivity index (χ2n) is 5.41. The van der Waals surface area contributed by atoms with Gasteiger partial charge in [0.25, 0.3) is 0 Å². The summed E-state index contributed by atoms with van der Waals surface area (Å²) in [5.74, 6) is 2.80. The van der Waals surface area contributed by atoms with Gasteiger partial charge in [0.05, 0.1) is 0 Å². The molecule has 0 spiro atoms. The summed E-state index contributed by atoms with van der Waals surface area (Å²) in [5.41, 5.74) is 1.89. The highest BCUT2D eigenvalue weighted by atomic mass is 15.1. The maximum Gasteiger partial charge on any atom is 0.142 e. The van der Waals surface area contributed by atoms with Crippen LogP contribution < -0.4 is 5.32 Å². The lowest BCUT2D eigenvalue weighted by Gasteiger charge is -2.11. The molecule has 1 fully saturated rings. The topological polar surface area (TPSA) is 86.9 Å². The van der Waals surface area contributed by atoms with Crippen LogP contribution >= 0.6 is 0 Å². The molecule has 0 amide bonds. The molecule has 0 saturated heterocycles. The zero-order valence-corrected chi connectivity index (χ0v) is 12.7. The molecule has 1 aliphatic carbocycles. The average molecular weight is 294 g/mol. The molecule has 2 heterocycles. The summed E-state index contributed by atoms with van der Waals surface area (Å²) in [6, 6.07) is 5.71. The Morgan fingerprint density at radius 1 is 1.36 bits per heavy atom. The highest BCUT2D eigenvalue weighted by Gasteiger charge is 2.26. The fourth-order valence-electron chi connectivity index (χ4n) is 2.20. The number of aliphatic imine (C=N–C) groups is 1. The molecule has 3 rings (SSSR count). The highest BCUT2D eigenvalue weighted by Crippen LogP contribution is 2.39. The highest BCUT2D eigenvalue weighted by molar-refractivity contribution is 6.12. The number of hydrogen-bond acceptors (Lipinski definition) is 4. The predicted molar refractivity (Wildman–Crippen MR) is 86.5 cm³/mol. The van der Waals surface area contributed by atoms with E-state index in [9.17, 15) is 0 Å². The molecule has 112 valence electrons. The molecular formula is C16H18N6. The summed E-state index contributed by atoms with van der Waals surface area (Å²) in [6.07, 6.45) is 5.81. The molecule has 0 aromatic carbocycles. The minimum Gasteiger partial charge on any atom is -0.324 e. The van der Waals surface area contributed by atoms with Crippen LogP contribution in [0.5, 0.6) is 0 Å². The Bertz CT molecular complexity index is 719. The van der Waals surface area contributed by atoms with Crippen molar-refractivity contribution in [1.82, 2.24) is 15.0 Å². The molecule has 2 N–H and O–H groups in total. The Morgan fingerprint density at radius 2 is 2.18 bits per heavy atom. The van der Waals surface area contributed by atoms with Crippen molar-refractivity contribution in [3.63, 3.8) is 0 Å². The quantitative estimate of drug-likeness (QED) is 0.673. The zero-order chi connectivity index (χ0) is 15.5. The van der Waals surface area contributed by atoms with Crippen molar-refractivity contribution in [3.05, 3.63) is 47.7 Å². The van der Waals surface area contributed by atoms with E-state index in [1.54, 1.807) is 19.3 Å². The van der Waals surface area contributed by atoms with Gasteiger partial charge in [0.2, 0.25) is 0 Å². The minimum atomic E-state index is 0.222. The summed E-state index contributed by atoms with van der Waals surface area (Å²) < 4.78 is 0. The van der Waals surface area contributed by atoms with E-state index in [1.807, 2.05) is 25.1 Å². The number of aryl methyl sites for hydroxylation is 1. The molecule has 0 unspecified atom stereocenters. The van der Waals surface area contributed by atoms with Gasteiger partial charge in [-0.15, -0.1) is 0 Å². The molecule has 0 aliphatic heterocycles. The van der Waals surface area contributed by atoms with Crippen molar-refractivity contribution in [2.75, 3.05) is 5.32 Å². The van der Waals surface area contributed by atoms with Crippen LogP contribution in [-0.4, -0.2) is 26.6 Å². The number of nitrogens with one attached hydrogen (secondary N) is 2. The van der Waals surface area contributed by atoms with E-state index in [1.165, 1.54) is 12.8 Å². The van der Waals surface area contributed by atoms with Crippen molar-refractivity contribution in [2.24, 2.45) is 4.99 Å². The molecule has 2 aromatic heterocycles. The molecule has 1 aliphatic rings. The molecular weight excluding hydrogens is 276 g/mol. The Kier molecular flexibility index (Phi) is 3.91. The number of amidine groups is 2. The Balaban J connectivity index is 1.92. The van der Waals surface area contributed by atoms with Gasteiger partial charge < -0.3 is 5.32 Å². The molecule has 22 heavy (non-hydrogen) atoms. The van der Waals surface area contributed by atoms with Gasteiger partial charge in [-0.3, -0.25) is 10.4 Å². The summed E-state index contributed by atoms with van der Waals surface area (Å²) in [4.78, 5) is 17.3. The van der Waals surface area contributed by atoms with Crippen molar-refractivity contribution in [3.8, 4) is 0 Å². The van der Waals surface area contributed by atoms with E-state index >= 15 is 0 Å². The number of nitrogens with zero attached hydrogens (tertiary/aromatic N) is 4. The smallest absolute Gasteiger partial charge is 0.142 e. The lowest BCUT2D eigenvalue weighted by Crippen LogP contribution is -2.17. The number of hydrogen-bond donors (Lipinski definition) is 2. The van der Waals surface area contributed by atoms with Gasteiger partial charge in [0.15, 0.2) is 0 Å². The van der Waals surface area contributed by atoms with E-state index in [2.05, 4.69) is 25.3 Å². The van der Waals surface area contributed by atoms with Gasteiger partial charge in [0, 0.05) is 35.6 Å². The first kappa shape index (κ1) is 14.3. The fraction of sp³-hybridized carbons (Fsp3) is 0.312. The predicted octanol–water partition coefficient (Wildman–Crippen LogP) is 2.91. The lowest BCUT2D eigenvalue weighted by molar-refractivity contribution is 0.945. The number of aromatic nitrogens is 3. The monoisotopic (exact) mass is 294 g/mol. The van der Waals surface area contributed by atoms with Crippen LogP contribution in [-0.2, 0) is 0 Å². The van der Waals surface area contributed by atoms with Gasteiger partial charge in [-0.2, -0.15) is 0 Å². The summed E-state index contributed by atoms with van der Waals surface area (Å²) in [7, 11) is 0. The van der Waals surface area contributed by atoms with E-state index in [4.69, 9.17) is 5.41 Å². The standard InChI is InChI=1S/C16H18N6/c1-10(17)19-16(13-4-3-7-18-9-13)22-15-8-14(12-5-6-12)20-11(2)21-15/h3-4,7-9,12H,5-6H2,1-2H3,(H2,17,19,20,21,22). The Morgan fingerprint density at radius 3 is 2.82 bits per heavy atom. The van der Waals surface area contributed by atoms with Crippen molar-refractivity contribution < 1.29 is 0 Å². The molecule has 6 nitrogen and oxygen atoms in total. The fourth-order valence-corrected chi connectivity index (χ4v) is 2.20. The minimum absolute atomic E-state index is 0.222. The normalized spacial score (nSPS) is 14.7. The van der Waals surface area contributed by atoms with E-state index in [0.29, 0.717) is 17.6 Å². The second-order valence-corrected chi connectivity index (χ2v) is 5.41. The first-order chi connectivity index (χ1) is 10.6. The SMILES string of the molecule is CC(=N)/N=C(\Nc1cc(C2CC2)nc(C)n1)c1cccnc1. The number of anilines is 1. The van der Waals surface area contributed by atoms with Gasteiger partial charge in [-0.05, 0) is 38.8 Å². The van der Waals surface area contributed by atoms with Crippen LogP contribution in [0.1, 0.15) is 42.8 Å². The molecule has 2 aromatic rings. The maximum atomic E-state index is 7.62. The van der Waals surface area contributed by atoms with Crippen molar-refractivity contribution >= 4 is 17.5 Å². The number of pyridine rings is 1. The number of rotatable bonds is 3. The maximum absolute atomic E-state index is 7.62. The van der Waals surface area contributed by atoms with Crippen LogP contribution in [0.25, 0.3) is 0 Å². The second kappa shape index (κ2) is 6.01. The van der Waals surface area contributed by atoms with Crippen LogP contribution in [0.4, 0.5) is 5.82 Å². The lowest BCUT2D eigenvalue weighted by atomic mass is 10.2. The third-order valence-corrected chi connectivity index (χ3v) is 3.31. The van der Waals surface area contributed by atoms with Gasteiger partial charge in [0.1, 0.15) is 23.3 Å². The van der Waals surface area contributed by atoms with Gasteiger partial charge in [-0.1, -0.05) is 0 Å². The first-order valence-electron chi connectivity index (χ1n) is 7.28. The Labute approximate surface area is 129 Å². The summed E-state index contributed by atoms with van der Waals surface area (Å²) >= 11 is 0. The van der Waals surface area contributed by atoms with E-state index in [0.717, 1.165) is 17.1 Å². The van der Waals surface area contributed by atoms with Crippen LogP contribution in [0.3, 0.4) is 0 Å². The molecule has 0 radical (unpaired) electrons. The van der Waals surface area contributed by atoms with Crippen LogP contribution in [0, 0.1) is 12.3 Å². The molecule has 0 bridgehead atoms. The molecule has 0 atom stereocenters. The summed E-state index contributed by atoms with van der Waals surface area (Å²) in [6.45, 7) is 3.53. The Hall–Kier alpha value is -2.63. The van der Waals surface area contributed by atoms with Crippen LogP contribution in [0.15, 0.2) is 35.6 Å². The van der Waals surface area contributed by atoms with Crippen molar-refractivity contribution in [2.45, 2.75) is 32.6 Å². The largest absolute Gasteiger partial charge is 0.324 e. The molecule has 6 heteroatoms. The van der Waals surface area contributed by atoms with E-state index < -0.39 is 0 Å². The zero-order valence-electron chi connectivity index (χ0n) is 12.7. The summed E-state index contributed by atoms with van der Waals surface area (Å²) in [5, 5.41) is 10.8. The van der Waals surface area contributed by atoms with E-state index in [-0.39, 0.29) is 5.84 Å². The van der Waals surface area contributed by atoms with Crippen molar-refractivity contribution in [1.29, 1.82) is 5.41 Å².